The Morgan fingerprint density at radius 2 is 0.556 bits per heavy atom. The Kier molecular flexibility index (Phi) is 22.9. The first-order chi connectivity index (χ1) is 3.46. The van der Waals surface area contributed by atoms with Gasteiger partial charge in [0.25, 0.3) is 0 Å². The molecule has 0 saturated carbocycles. The van der Waals surface area contributed by atoms with Crippen LogP contribution in [0.5, 0.6) is 0 Å². The molecule has 0 amide bonds. The van der Waals surface area contributed by atoms with Gasteiger partial charge in [0.05, 0.1) is 0 Å². The fourth-order valence-electron chi connectivity index (χ4n) is 0. The van der Waals surface area contributed by atoms with E-state index in [0.29, 0.717) is 0 Å². The van der Waals surface area contributed by atoms with E-state index in [1.807, 2.05) is 0 Å². The van der Waals surface area contributed by atoms with Crippen molar-refractivity contribution in [2.24, 2.45) is 0 Å². The first-order valence-corrected chi connectivity index (χ1v) is 9.00. The molecule has 0 saturated heterocycles. The Bertz CT molecular complexity index is 26.5. The minimum atomic E-state index is 0. The average molecular weight is 261 g/mol. The molecule has 0 aliphatic carbocycles. The molecule has 0 rings (SSSR count). The Morgan fingerprint density at radius 3 is 0.556 bits per heavy atom. The first-order valence-electron chi connectivity index (χ1n) is 3.00. The molecule has 0 aromatic heterocycles. The SMILES string of the molecule is C[PH+](C)C.C[PH+](C)C.[Pd]. The predicted molar refractivity (Wildman–Crippen MR) is 52.2 cm³/mol. The van der Waals surface area contributed by atoms with Crippen molar-refractivity contribution in [1.82, 2.24) is 0 Å². The quantitative estimate of drug-likeness (QED) is 0.463. The summed E-state index contributed by atoms with van der Waals surface area (Å²) >= 11 is 0. The maximum atomic E-state index is 2.27. The van der Waals surface area contributed by atoms with Crippen molar-refractivity contribution < 1.29 is 20.4 Å². The van der Waals surface area contributed by atoms with E-state index in [0.717, 1.165) is 0 Å². The van der Waals surface area contributed by atoms with Crippen LogP contribution >= 0.6 is 15.8 Å². The fourth-order valence-corrected chi connectivity index (χ4v) is 0. The molecule has 0 atom stereocenters. The molecule has 0 radical (unpaired) electrons. The standard InChI is InChI=1S/2C3H9P.Pd/c2*1-4(2)3;/h2*1-3H3;/p+2. The van der Waals surface area contributed by atoms with Gasteiger partial charge in [0.15, 0.2) is 0 Å². The monoisotopic (exact) mass is 260 g/mol. The summed E-state index contributed by atoms with van der Waals surface area (Å²) in [6, 6.07) is 0. The predicted octanol–water partition coefficient (Wildman–Crippen LogP) is 2.18. The summed E-state index contributed by atoms with van der Waals surface area (Å²) in [5.74, 6) is 0. The molecule has 0 fully saturated rings. The summed E-state index contributed by atoms with van der Waals surface area (Å²) in [6.45, 7) is 13.6. The number of rotatable bonds is 0. The van der Waals surface area contributed by atoms with Gasteiger partial charge in [-0.15, -0.1) is 0 Å². The van der Waals surface area contributed by atoms with Crippen LogP contribution in [0, 0.1) is 0 Å². The van der Waals surface area contributed by atoms with Crippen LogP contribution in [0.2, 0.25) is 0 Å². The molecule has 0 aliphatic heterocycles. The third-order valence-electron chi connectivity index (χ3n) is 0. The van der Waals surface area contributed by atoms with Gasteiger partial charge < -0.3 is 0 Å². The Hall–Kier alpha value is 1.52. The van der Waals surface area contributed by atoms with E-state index in [2.05, 4.69) is 40.0 Å². The van der Waals surface area contributed by atoms with E-state index in [-0.39, 0.29) is 36.3 Å². The summed E-state index contributed by atoms with van der Waals surface area (Å²) in [7, 11) is 0.241. The molecule has 0 heterocycles. The van der Waals surface area contributed by atoms with Crippen molar-refractivity contribution >= 4 is 15.8 Å². The van der Waals surface area contributed by atoms with Gasteiger partial charge in [-0.3, -0.25) is 0 Å². The van der Waals surface area contributed by atoms with Crippen LogP contribution in [-0.2, 0) is 20.4 Å². The van der Waals surface area contributed by atoms with Crippen LogP contribution < -0.4 is 0 Å². The van der Waals surface area contributed by atoms with Gasteiger partial charge >= 0.3 is 0 Å². The van der Waals surface area contributed by atoms with Crippen molar-refractivity contribution in [2.45, 2.75) is 0 Å². The van der Waals surface area contributed by atoms with Gasteiger partial charge in [-0.2, -0.15) is 0 Å². The van der Waals surface area contributed by atoms with Crippen LogP contribution in [0.4, 0.5) is 0 Å². The zero-order chi connectivity index (χ0) is 7.15. The molecule has 3 heteroatoms. The van der Waals surface area contributed by atoms with E-state index in [1.54, 1.807) is 0 Å². The van der Waals surface area contributed by atoms with Crippen molar-refractivity contribution in [3.05, 3.63) is 0 Å². The van der Waals surface area contributed by atoms with Crippen LogP contribution in [-0.4, -0.2) is 40.0 Å². The summed E-state index contributed by atoms with van der Waals surface area (Å²) in [5.41, 5.74) is 0. The molecule has 0 aromatic carbocycles. The average Bonchev–Trinajstić information content (AvgIpc) is 1.25. The summed E-state index contributed by atoms with van der Waals surface area (Å²) in [5, 5.41) is 0. The normalized spacial score (nSPS) is 8.00. The van der Waals surface area contributed by atoms with Crippen molar-refractivity contribution in [1.29, 1.82) is 0 Å². The molecule has 0 unspecified atom stereocenters. The third kappa shape index (κ3) is 233. The minimum absolute atomic E-state index is 0. The van der Waals surface area contributed by atoms with Crippen molar-refractivity contribution in [3.63, 3.8) is 0 Å². The zero-order valence-electron chi connectivity index (χ0n) is 7.32. The van der Waals surface area contributed by atoms with Gasteiger partial charge in [-0.25, -0.2) is 0 Å². The second-order valence-electron chi connectivity index (χ2n) is 3.00. The Balaban J connectivity index is -0.0000000720. The van der Waals surface area contributed by atoms with E-state index in [9.17, 15) is 0 Å². The molecule has 0 aliphatic rings. The second kappa shape index (κ2) is 12.2. The second-order valence-corrected chi connectivity index (χ2v) is 9.00. The maximum Gasteiger partial charge on any atom is 0.0461 e. The van der Waals surface area contributed by atoms with Gasteiger partial charge in [-0.05, 0) is 15.8 Å². The van der Waals surface area contributed by atoms with Gasteiger partial charge in [-0.1, -0.05) is 0 Å². The molecular weight excluding hydrogens is 240 g/mol. The van der Waals surface area contributed by atoms with Crippen molar-refractivity contribution in [3.8, 4) is 0 Å². The molecule has 0 bridgehead atoms. The van der Waals surface area contributed by atoms with Crippen LogP contribution in [0.3, 0.4) is 0 Å². The molecule has 0 N–H and O–H groups in total. The van der Waals surface area contributed by atoms with E-state index in [4.69, 9.17) is 0 Å². The number of hydrogen-bond acceptors (Lipinski definition) is 0. The van der Waals surface area contributed by atoms with Crippen LogP contribution in [0.15, 0.2) is 0 Å². The molecule has 62 valence electrons. The first kappa shape index (κ1) is 16.9. The van der Waals surface area contributed by atoms with Crippen molar-refractivity contribution in [2.75, 3.05) is 40.0 Å². The Labute approximate surface area is 76.3 Å². The maximum absolute atomic E-state index is 2.27. The summed E-state index contributed by atoms with van der Waals surface area (Å²) in [4.78, 5) is 0. The van der Waals surface area contributed by atoms with Gasteiger partial charge in [0.2, 0.25) is 0 Å². The summed E-state index contributed by atoms with van der Waals surface area (Å²) in [6.07, 6.45) is 0. The molecular formula is C6H20P2Pd+2. The molecule has 0 aromatic rings. The van der Waals surface area contributed by atoms with E-state index < -0.39 is 0 Å². The topological polar surface area (TPSA) is 0 Å². The largest absolute Gasteiger partial charge is 0.0461 e. The smallest absolute Gasteiger partial charge is 0.00840 e. The van der Waals surface area contributed by atoms with E-state index >= 15 is 0 Å². The van der Waals surface area contributed by atoms with Gasteiger partial charge in [0, 0.05) is 60.4 Å². The van der Waals surface area contributed by atoms with Crippen LogP contribution in [0.25, 0.3) is 0 Å². The van der Waals surface area contributed by atoms with Crippen LogP contribution in [0.1, 0.15) is 0 Å². The molecule has 9 heavy (non-hydrogen) atoms. The number of hydrogen-bond donors (Lipinski definition) is 0. The zero-order valence-corrected chi connectivity index (χ0v) is 10.9. The third-order valence-corrected chi connectivity index (χ3v) is 0. The minimum Gasteiger partial charge on any atom is -0.00840 e. The van der Waals surface area contributed by atoms with E-state index in [1.165, 1.54) is 0 Å². The van der Waals surface area contributed by atoms with Gasteiger partial charge in [0.1, 0.15) is 0 Å². The molecule has 0 nitrogen and oxygen atoms in total. The Morgan fingerprint density at radius 1 is 0.556 bits per heavy atom. The fraction of sp³-hybridized carbons (Fsp3) is 1.00. The molecule has 0 spiro atoms. The summed E-state index contributed by atoms with van der Waals surface area (Å²) < 4.78 is 0.